The topological polar surface area (TPSA) is 32.3 Å². The predicted octanol–water partition coefficient (Wildman–Crippen LogP) is 2.15. The lowest BCUT2D eigenvalue weighted by Gasteiger charge is -2.43. The molecule has 0 spiro atoms. The number of rotatable bonds is 2. The number of benzene rings is 1. The van der Waals surface area contributed by atoms with Crippen LogP contribution < -0.4 is 5.32 Å². The summed E-state index contributed by atoms with van der Waals surface area (Å²) < 4.78 is 12.8. The van der Waals surface area contributed by atoms with E-state index in [4.69, 9.17) is 0 Å². The second-order valence-electron chi connectivity index (χ2n) is 4.10. The Kier molecular flexibility index (Phi) is 2.19. The van der Waals surface area contributed by atoms with Crippen LogP contribution in [0.4, 0.5) is 10.1 Å². The lowest BCUT2D eigenvalue weighted by Crippen LogP contribution is -2.53. The fourth-order valence-corrected chi connectivity index (χ4v) is 1.71. The zero-order valence-corrected chi connectivity index (χ0v) is 8.13. The summed E-state index contributed by atoms with van der Waals surface area (Å²) in [7, 11) is 0. The molecule has 3 heteroatoms. The molecule has 2 N–H and O–H groups in total. The predicted molar refractivity (Wildman–Crippen MR) is 53.7 cm³/mol. The Balaban J connectivity index is 2.05. The van der Waals surface area contributed by atoms with E-state index in [1.807, 2.05) is 0 Å². The first-order valence-electron chi connectivity index (χ1n) is 4.82. The molecular weight excluding hydrogens is 181 g/mol. The molecular formula is C11H14FNO. The van der Waals surface area contributed by atoms with E-state index in [1.54, 1.807) is 19.1 Å². The van der Waals surface area contributed by atoms with Crippen LogP contribution in [0.2, 0.25) is 0 Å². The third-order valence-corrected chi connectivity index (χ3v) is 2.86. The Labute approximate surface area is 82.8 Å². The van der Waals surface area contributed by atoms with Gasteiger partial charge >= 0.3 is 0 Å². The van der Waals surface area contributed by atoms with Gasteiger partial charge in [0, 0.05) is 5.69 Å². The molecule has 0 radical (unpaired) electrons. The van der Waals surface area contributed by atoms with Crippen molar-refractivity contribution in [2.24, 2.45) is 0 Å². The van der Waals surface area contributed by atoms with Gasteiger partial charge in [0.15, 0.2) is 0 Å². The SMILES string of the molecule is C[C@]1(O)CC[C@@H]1Nc1cccc(F)c1. The fourth-order valence-electron chi connectivity index (χ4n) is 1.71. The summed E-state index contributed by atoms with van der Waals surface area (Å²) in [5, 5.41) is 12.9. The molecule has 76 valence electrons. The average Bonchev–Trinajstić information content (AvgIpc) is 2.13. The van der Waals surface area contributed by atoms with Crippen molar-refractivity contribution in [3.05, 3.63) is 30.1 Å². The number of hydrogen-bond acceptors (Lipinski definition) is 2. The normalized spacial score (nSPS) is 30.9. The number of nitrogens with one attached hydrogen (secondary N) is 1. The highest BCUT2D eigenvalue weighted by Gasteiger charge is 2.40. The summed E-state index contributed by atoms with van der Waals surface area (Å²) in [6.07, 6.45) is 1.74. The van der Waals surface area contributed by atoms with Crippen LogP contribution >= 0.6 is 0 Å². The van der Waals surface area contributed by atoms with E-state index in [0.717, 1.165) is 18.5 Å². The Hall–Kier alpha value is -1.09. The Morgan fingerprint density at radius 3 is 2.86 bits per heavy atom. The second kappa shape index (κ2) is 3.24. The maximum atomic E-state index is 12.8. The molecule has 14 heavy (non-hydrogen) atoms. The first-order valence-corrected chi connectivity index (χ1v) is 4.82. The van der Waals surface area contributed by atoms with Crippen molar-refractivity contribution in [1.29, 1.82) is 0 Å². The molecule has 0 amide bonds. The molecule has 1 aliphatic carbocycles. The maximum absolute atomic E-state index is 12.8. The minimum atomic E-state index is -0.647. The number of halogens is 1. The third-order valence-electron chi connectivity index (χ3n) is 2.86. The molecule has 0 heterocycles. The quantitative estimate of drug-likeness (QED) is 0.757. The molecule has 0 aromatic heterocycles. The number of hydrogen-bond donors (Lipinski definition) is 2. The van der Waals surface area contributed by atoms with E-state index in [-0.39, 0.29) is 11.9 Å². The van der Waals surface area contributed by atoms with Crippen LogP contribution in [0.3, 0.4) is 0 Å². The second-order valence-corrected chi connectivity index (χ2v) is 4.10. The largest absolute Gasteiger partial charge is 0.388 e. The molecule has 0 bridgehead atoms. The maximum Gasteiger partial charge on any atom is 0.125 e. The van der Waals surface area contributed by atoms with Crippen LogP contribution in [-0.4, -0.2) is 16.7 Å². The van der Waals surface area contributed by atoms with Gasteiger partial charge in [0.2, 0.25) is 0 Å². The van der Waals surface area contributed by atoms with E-state index < -0.39 is 5.60 Å². The molecule has 1 aliphatic rings. The van der Waals surface area contributed by atoms with Gasteiger partial charge in [-0.1, -0.05) is 6.07 Å². The van der Waals surface area contributed by atoms with Crippen molar-refractivity contribution in [3.8, 4) is 0 Å². The standard InChI is InChI=1S/C11H14FNO/c1-11(14)6-5-10(11)13-9-4-2-3-8(12)7-9/h2-4,7,10,13-14H,5-6H2,1H3/t10-,11-/m0/s1. The van der Waals surface area contributed by atoms with Crippen LogP contribution in [0.5, 0.6) is 0 Å². The molecule has 2 nitrogen and oxygen atoms in total. The molecule has 1 fully saturated rings. The smallest absolute Gasteiger partial charge is 0.125 e. The van der Waals surface area contributed by atoms with E-state index in [9.17, 15) is 9.50 Å². The summed E-state index contributed by atoms with van der Waals surface area (Å²) in [5.74, 6) is -0.256. The van der Waals surface area contributed by atoms with Crippen molar-refractivity contribution in [1.82, 2.24) is 0 Å². The summed E-state index contributed by atoms with van der Waals surface area (Å²) in [4.78, 5) is 0. The minimum Gasteiger partial charge on any atom is -0.388 e. The highest BCUT2D eigenvalue weighted by Crippen LogP contribution is 2.34. The van der Waals surface area contributed by atoms with Gasteiger partial charge in [-0.25, -0.2) is 4.39 Å². The van der Waals surface area contributed by atoms with Gasteiger partial charge in [-0.15, -0.1) is 0 Å². The van der Waals surface area contributed by atoms with Crippen molar-refractivity contribution < 1.29 is 9.50 Å². The summed E-state index contributed by atoms with van der Waals surface area (Å²) >= 11 is 0. The van der Waals surface area contributed by atoms with Crippen LogP contribution in [0.25, 0.3) is 0 Å². The zero-order valence-electron chi connectivity index (χ0n) is 8.13. The summed E-state index contributed by atoms with van der Waals surface area (Å²) in [6.45, 7) is 1.80. The molecule has 0 saturated heterocycles. The average molecular weight is 195 g/mol. The number of anilines is 1. The summed E-state index contributed by atoms with van der Waals surface area (Å²) in [6, 6.07) is 6.35. The van der Waals surface area contributed by atoms with Gasteiger partial charge in [0.1, 0.15) is 5.82 Å². The molecule has 1 aromatic rings. The van der Waals surface area contributed by atoms with E-state index in [0.29, 0.717) is 0 Å². The third kappa shape index (κ3) is 1.73. The van der Waals surface area contributed by atoms with E-state index >= 15 is 0 Å². The van der Waals surface area contributed by atoms with Gasteiger partial charge in [-0.05, 0) is 38.0 Å². The Morgan fingerprint density at radius 1 is 1.57 bits per heavy atom. The monoisotopic (exact) mass is 195 g/mol. The van der Waals surface area contributed by atoms with E-state index in [1.165, 1.54) is 12.1 Å². The lowest BCUT2D eigenvalue weighted by atomic mass is 9.76. The fraction of sp³-hybridized carbons (Fsp3) is 0.455. The molecule has 0 unspecified atom stereocenters. The highest BCUT2D eigenvalue weighted by atomic mass is 19.1. The van der Waals surface area contributed by atoms with Crippen molar-refractivity contribution in [2.75, 3.05) is 5.32 Å². The Bertz CT molecular complexity index is 338. The van der Waals surface area contributed by atoms with Crippen molar-refractivity contribution >= 4 is 5.69 Å². The van der Waals surface area contributed by atoms with Crippen LogP contribution in [0.15, 0.2) is 24.3 Å². The van der Waals surface area contributed by atoms with Gasteiger partial charge in [-0.2, -0.15) is 0 Å². The van der Waals surface area contributed by atoms with Crippen LogP contribution in [0, 0.1) is 5.82 Å². The van der Waals surface area contributed by atoms with Gasteiger partial charge in [-0.3, -0.25) is 0 Å². The van der Waals surface area contributed by atoms with Crippen molar-refractivity contribution in [3.63, 3.8) is 0 Å². The minimum absolute atomic E-state index is 0.0456. The van der Waals surface area contributed by atoms with E-state index in [2.05, 4.69) is 5.32 Å². The summed E-state index contributed by atoms with van der Waals surface area (Å²) in [5.41, 5.74) is 0.0849. The number of aliphatic hydroxyl groups is 1. The highest BCUT2D eigenvalue weighted by molar-refractivity contribution is 5.45. The molecule has 2 rings (SSSR count). The van der Waals surface area contributed by atoms with Gasteiger partial charge < -0.3 is 10.4 Å². The van der Waals surface area contributed by atoms with Crippen LogP contribution in [0.1, 0.15) is 19.8 Å². The molecule has 2 atom stereocenters. The Morgan fingerprint density at radius 2 is 2.36 bits per heavy atom. The lowest BCUT2D eigenvalue weighted by molar-refractivity contribution is -0.0286. The van der Waals surface area contributed by atoms with Gasteiger partial charge in [0.25, 0.3) is 0 Å². The first kappa shape index (κ1) is 9.46. The zero-order chi connectivity index (χ0) is 10.2. The molecule has 1 aromatic carbocycles. The van der Waals surface area contributed by atoms with Gasteiger partial charge in [0.05, 0.1) is 11.6 Å². The molecule has 1 saturated carbocycles. The van der Waals surface area contributed by atoms with Crippen molar-refractivity contribution in [2.45, 2.75) is 31.4 Å². The first-order chi connectivity index (χ1) is 6.58. The van der Waals surface area contributed by atoms with Crippen LogP contribution in [-0.2, 0) is 0 Å². The molecule has 0 aliphatic heterocycles.